The lowest BCUT2D eigenvalue weighted by molar-refractivity contribution is 0.0935. The third-order valence-corrected chi connectivity index (χ3v) is 17.3. The summed E-state index contributed by atoms with van der Waals surface area (Å²) < 4.78 is 37.6. The molecule has 21 nitrogen and oxygen atoms in total. The Morgan fingerprint density at radius 2 is 0.860 bits per heavy atom. The van der Waals surface area contributed by atoms with Crippen LogP contribution in [0.1, 0.15) is 93.0 Å². The smallest absolute Gasteiger partial charge is 0.181 e. The number of rotatable bonds is 15. The molecule has 0 fully saturated rings. The van der Waals surface area contributed by atoms with Crippen molar-refractivity contribution < 1.29 is 23.2 Å². The second kappa shape index (κ2) is 26.8. The van der Waals surface area contributed by atoms with Crippen LogP contribution < -0.4 is 0 Å². The van der Waals surface area contributed by atoms with Crippen molar-refractivity contribution in [3.05, 3.63) is 216 Å². The number of nitrogens with zero attached hydrogens (tertiary/aromatic N) is 18. The minimum absolute atomic E-state index is 0.00220. The molecule has 12 heterocycles. The number of fused-ring (bicyclic) bond motifs is 3. The molecule has 12 aromatic rings. The highest BCUT2D eigenvalue weighted by atomic mass is 19.1. The van der Waals surface area contributed by atoms with Crippen molar-refractivity contribution in [2.75, 3.05) is 0 Å². The number of Topliss-reactive ketones (excluding diaryl/α,β-unsaturated/α-hetero) is 3. The molecule has 0 spiro atoms. The van der Waals surface area contributed by atoms with Gasteiger partial charge in [0, 0.05) is 131 Å². The van der Waals surface area contributed by atoms with Gasteiger partial charge < -0.3 is 0 Å². The molecule has 0 radical (unpaired) electrons. The Balaban J connectivity index is 0.000000127. The van der Waals surface area contributed by atoms with Crippen LogP contribution in [-0.4, -0.2) is 106 Å². The number of halogens is 2. The highest BCUT2D eigenvalue weighted by Gasteiger charge is 2.31. The first kappa shape index (κ1) is 60.9. The van der Waals surface area contributed by atoms with Gasteiger partial charge in [0.05, 0.1) is 41.9 Å². The zero-order valence-electron chi connectivity index (χ0n) is 51.8. The van der Waals surface area contributed by atoms with Gasteiger partial charge in [0.2, 0.25) is 0 Å². The van der Waals surface area contributed by atoms with E-state index in [9.17, 15) is 23.2 Å². The summed E-state index contributed by atoms with van der Waals surface area (Å²) in [5.74, 6) is 4.80. The van der Waals surface area contributed by atoms with Crippen LogP contribution in [0.4, 0.5) is 8.78 Å². The molecule has 3 aliphatic rings. The van der Waals surface area contributed by atoms with Crippen LogP contribution >= 0.6 is 0 Å². The van der Waals surface area contributed by atoms with Crippen LogP contribution in [0.15, 0.2) is 165 Å². The molecule has 0 aliphatic carbocycles. The number of carbonyl (C=O) groups excluding carboxylic acids is 3. The lowest BCUT2D eigenvalue weighted by Gasteiger charge is -2.21. The molecule has 0 bridgehead atoms. The summed E-state index contributed by atoms with van der Waals surface area (Å²) in [6.07, 6.45) is 15.2. The van der Waals surface area contributed by atoms with Crippen LogP contribution in [0, 0.1) is 36.3 Å². The second-order valence-electron chi connectivity index (χ2n) is 23.8. The summed E-state index contributed by atoms with van der Waals surface area (Å²) in [4.78, 5) is 66.7. The normalized spacial score (nSPS) is 15.6. The van der Waals surface area contributed by atoms with E-state index in [0.29, 0.717) is 77.5 Å². The Labute approximate surface area is 534 Å². The Morgan fingerprint density at radius 3 is 1.27 bits per heavy atom. The molecule has 0 amide bonds. The van der Waals surface area contributed by atoms with E-state index < -0.39 is 11.6 Å². The molecule has 3 aliphatic heterocycles. The maximum atomic E-state index is 13.7. The SMILES string of the molecule is Cc1cccnc1-c1cnn(C)c1C(=O)CC1CCn2nc(-c3ccccc3)nc2C1.Cn1ncc(-c2cc(F)ccn2)c1C(=O)CC1CCn2nc(-c3ccccc3)nc2C1.Cn1ncc(-c2ccc(F)cn2)c1C(=O)CC1CCn2nc(-c3ccccc3)nc2C1. The van der Waals surface area contributed by atoms with Crippen molar-refractivity contribution >= 4 is 17.3 Å². The van der Waals surface area contributed by atoms with Gasteiger partial charge in [0.15, 0.2) is 34.8 Å². The molecule has 0 N–H and O–H groups in total. The first-order chi connectivity index (χ1) is 45.3. The van der Waals surface area contributed by atoms with Crippen LogP contribution in [0.2, 0.25) is 0 Å². The van der Waals surface area contributed by atoms with E-state index in [0.717, 1.165) is 114 Å². The molecule has 23 heteroatoms. The van der Waals surface area contributed by atoms with Crippen molar-refractivity contribution in [2.24, 2.45) is 38.9 Å². The fourth-order valence-electron chi connectivity index (χ4n) is 12.5. The summed E-state index contributed by atoms with van der Waals surface area (Å²) in [6, 6.07) is 39.2. The Kier molecular flexibility index (Phi) is 17.6. The standard InChI is InChI=1S/C24H24N6O.2C23H21FN6O/c1-16-7-6-11-25-22(16)19-15-26-29(2)23(19)20(31)13-17-10-12-30-21(14-17)27-24(28-30)18-8-4-3-5-9-18;1-29-22(18(14-26-29)19-13-17(24)7-9-25-19)20(31)11-15-8-10-30-21(12-15)27-23(28-30)16-5-3-2-4-6-16;1-29-22(18(14-26-29)19-8-7-17(24)13-25-19)20(31)11-15-9-10-30-21(12-15)27-23(28-30)16-5-3-2-4-6-16/h3-9,11,15,17H,10,12-14H2,1-2H3;2-7,9,13-15H,8,10-12H2,1H3;2-8,13-15H,9-12H2,1H3. The fraction of sp³-hybridized carbons (Fsp3) is 0.271. The van der Waals surface area contributed by atoms with Crippen molar-refractivity contribution in [1.29, 1.82) is 0 Å². The van der Waals surface area contributed by atoms with Gasteiger partial charge in [0.25, 0.3) is 0 Å². The quantitative estimate of drug-likeness (QED) is 0.0868. The Hall–Kier alpha value is -11.0. The number of hydrogen-bond acceptors (Lipinski definition) is 15. The molecule has 0 saturated heterocycles. The summed E-state index contributed by atoms with van der Waals surface area (Å²) in [5, 5.41) is 26.7. The number of carbonyl (C=O) groups is 3. The predicted molar refractivity (Wildman–Crippen MR) is 343 cm³/mol. The minimum atomic E-state index is -0.415. The molecule has 3 atom stereocenters. The van der Waals surface area contributed by atoms with Gasteiger partial charge in [-0.1, -0.05) is 97.1 Å². The van der Waals surface area contributed by atoms with Crippen LogP contribution in [0.3, 0.4) is 0 Å². The largest absolute Gasteiger partial charge is 0.292 e. The average molecular weight is 1250 g/mol. The maximum absolute atomic E-state index is 13.7. The van der Waals surface area contributed by atoms with Gasteiger partial charge in [-0.15, -0.1) is 0 Å². The number of aryl methyl sites for hydroxylation is 7. The maximum Gasteiger partial charge on any atom is 0.181 e. The van der Waals surface area contributed by atoms with Crippen LogP contribution in [0.5, 0.6) is 0 Å². The van der Waals surface area contributed by atoms with Gasteiger partial charge in [0.1, 0.15) is 46.2 Å². The molecule has 468 valence electrons. The molecule has 9 aromatic heterocycles. The van der Waals surface area contributed by atoms with Crippen molar-refractivity contribution in [3.63, 3.8) is 0 Å². The van der Waals surface area contributed by atoms with E-state index in [1.807, 2.05) is 131 Å². The van der Waals surface area contributed by atoms with E-state index in [4.69, 9.17) is 15.0 Å². The van der Waals surface area contributed by atoms with Crippen molar-refractivity contribution in [3.8, 4) is 67.9 Å². The summed E-state index contributed by atoms with van der Waals surface area (Å²) in [6.45, 7) is 4.26. The highest BCUT2D eigenvalue weighted by molar-refractivity contribution is 6.02. The van der Waals surface area contributed by atoms with Gasteiger partial charge >= 0.3 is 0 Å². The lowest BCUT2D eigenvalue weighted by atomic mass is 9.90. The molecule has 3 unspecified atom stereocenters. The molecular weight excluding hydrogens is 1180 g/mol. The predicted octanol–water partition coefficient (Wildman–Crippen LogP) is 11.3. The van der Waals surface area contributed by atoms with Crippen LogP contribution in [0.25, 0.3) is 67.9 Å². The summed E-state index contributed by atoms with van der Waals surface area (Å²) in [5.41, 5.74) is 9.33. The van der Waals surface area contributed by atoms with Crippen molar-refractivity contribution in [1.82, 2.24) is 88.6 Å². The molecular formula is C70H66F2N18O3. The fourth-order valence-corrected chi connectivity index (χ4v) is 12.5. The van der Waals surface area contributed by atoms with E-state index in [-0.39, 0.29) is 35.1 Å². The number of benzene rings is 3. The molecule has 3 aromatic carbocycles. The third-order valence-electron chi connectivity index (χ3n) is 17.3. The molecule has 93 heavy (non-hydrogen) atoms. The Bertz CT molecular complexity index is 4650. The van der Waals surface area contributed by atoms with Gasteiger partial charge in [-0.3, -0.25) is 43.4 Å². The number of pyridine rings is 3. The highest BCUT2D eigenvalue weighted by Crippen LogP contribution is 2.33. The number of ketones is 3. The monoisotopic (exact) mass is 1240 g/mol. The van der Waals surface area contributed by atoms with E-state index >= 15 is 0 Å². The van der Waals surface area contributed by atoms with Crippen molar-refractivity contribution in [2.45, 2.75) is 84.3 Å². The number of hydrogen-bond donors (Lipinski definition) is 0. The lowest BCUT2D eigenvalue weighted by Crippen LogP contribution is -2.23. The summed E-state index contributed by atoms with van der Waals surface area (Å²) >= 11 is 0. The molecule has 15 rings (SSSR count). The van der Waals surface area contributed by atoms with E-state index in [1.54, 1.807) is 59.0 Å². The van der Waals surface area contributed by atoms with Gasteiger partial charge in [-0.25, -0.2) is 37.8 Å². The Morgan fingerprint density at radius 1 is 0.441 bits per heavy atom. The zero-order chi connectivity index (χ0) is 64.1. The third kappa shape index (κ3) is 13.4. The second-order valence-corrected chi connectivity index (χ2v) is 23.8. The summed E-state index contributed by atoms with van der Waals surface area (Å²) in [7, 11) is 5.28. The van der Waals surface area contributed by atoms with Gasteiger partial charge in [-0.05, 0) is 73.8 Å². The first-order valence-corrected chi connectivity index (χ1v) is 31.1. The topological polar surface area (TPSA) is 235 Å². The van der Waals surface area contributed by atoms with E-state index in [1.165, 1.54) is 24.4 Å². The number of aromatic nitrogens is 18. The zero-order valence-corrected chi connectivity index (χ0v) is 51.8. The minimum Gasteiger partial charge on any atom is -0.292 e. The molecule has 0 saturated carbocycles. The van der Waals surface area contributed by atoms with Crippen LogP contribution in [-0.2, 0) is 60.0 Å². The average Bonchev–Trinajstić information content (AvgIpc) is 1.86. The van der Waals surface area contributed by atoms with Gasteiger partial charge in [-0.2, -0.15) is 30.6 Å². The first-order valence-electron chi connectivity index (χ1n) is 31.1. The van der Waals surface area contributed by atoms with E-state index in [2.05, 4.69) is 45.5 Å².